The molecule has 3 N–H and O–H groups in total. The monoisotopic (exact) mass is 339 g/mol. The highest BCUT2D eigenvalue weighted by Gasteiger charge is 2.04. The summed E-state index contributed by atoms with van der Waals surface area (Å²) in [5, 5.41) is 9.22. The zero-order chi connectivity index (χ0) is 17.9. The van der Waals surface area contributed by atoms with Gasteiger partial charge in [-0.15, -0.1) is 0 Å². The van der Waals surface area contributed by atoms with Gasteiger partial charge in [0.2, 0.25) is 0 Å². The molecule has 0 unspecified atom stereocenters. The molecule has 0 atom stereocenters. The van der Waals surface area contributed by atoms with E-state index in [9.17, 15) is 4.79 Å². The average Bonchev–Trinajstić information content (AvgIpc) is 2.67. The highest BCUT2D eigenvalue weighted by Crippen LogP contribution is 2.05. The lowest BCUT2D eigenvalue weighted by molar-refractivity contribution is 0.0963. The molecule has 25 heavy (non-hydrogen) atoms. The van der Waals surface area contributed by atoms with E-state index in [2.05, 4.69) is 32.0 Å². The van der Waals surface area contributed by atoms with Crippen LogP contribution in [0.25, 0.3) is 0 Å². The summed E-state index contributed by atoms with van der Waals surface area (Å²) in [6, 6.07) is 11.7. The number of aromatic nitrogens is 1. The van der Waals surface area contributed by atoms with Crippen LogP contribution in [0.1, 0.15) is 21.5 Å². The first-order chi connectivity index (χ1) is 12.2. The smallest absolute Gasteiger partial charge is 0.251 e. The molecule has 0 aliphatic rings. The maximum atomic E-state index is 11.7. The molecule has 0 radical (unpaired) electrons. The Bertz CT molecular complexity index is 700. The molecule has 0 spiro atoms. The van der Waals surface area contributed by atoms with Crippen molar-refractivity contribution in [1.29, 1.82) is 0 Å². The molecule has 1 aromatic carbocycles. The van der Waals surface area contributed by atoms with Crippen LogP contribution in [0.4, 0.5) is 0 Å². The van der Waals surface area contributed by atoms with Crippen molar-refractivity contribution in [1.82, 2.24) is 20.9 Å². The molecule has 1 aromatic heterocycles. The second-order valence-corrected chi connectivity index (χ2v) is 5.57. The number of carbonyl (C=O) groups is 1. The Balaban J connectivity index is 1.75. The summed E-state index contributed by atoms with van der Waals surface area (Å²) in [6.45, 7) is 1.53. The molecule has 2 aromatic rings. The fraction of sp³-hybridized carbons (Fsp3) is 0.316. The third kappa shape index (κ3) is 6.25. The van der Waals surface area contributed by atoms with Gasteiger partial charge in [-0.2, -0.15) is 0 Å². The molecule has 6 heteroatoms. The fourth-order valence-electron chi connectivity index (χ4n) is 2.43. The van der Waals surface area contributed by atoms with Crippen LogP contribution in [0.3, 0.4) is 0 Å². The summed E-state index contributed by atoms with van der Waals surface area (Å²) in [6.07, 6.45) is 5.35. The van der Waals surface area contributed by atoms with E-state index in [0.717, 1.165) is 37.5 Å². The van der Waals surface area contributed by atoms with Crippen molar-refractivity contribution in [2.24, 2.45) is 4.99 Å². The van der Waals surface area contributed by atoms with Crippen LogP contribution in [0.5, 0.6) is 0 Å². The van der Waals surface area contributed by atoms with Crippen LogP contribution in [0.15, 0.2) is 53.8 Å². The number of nitrogens with one attached hydrogen (secondary N) is 3. The lowest BCUT2D eigenvalue weighted by Gasteiger charge is -2.12. The molecule has 2 rings (SSSR count). The van der Waals surface area contributed by atoms with Crippen molar-refractivity contribution in [3.63, 3.8) is 0 Å². The number of rotatable bonds is 7. The Morgan fingerprint density at radius 1 is 1.08 bits per heavy atom. The molecule has 1 amide bonds. The van der Waals surface area contributed by atoms with Crippen LogP contribution >= 0.6 is 0 Å². The van der Waals surface area contributed by atoms with Crippen LogP contribution in [0, 0.1) is 0 Å². The number of benzene rings is 1. The van der Waals surface area contributed by atoms with Gasteiger partial charge in [0.15, 0.2) is 5.96 Å². The van der Waals surface area contributed by atoms with Gasteiger partial charge in [-0.25, -0.2) is 0 Å². The summed E-state index contributed by atoms with van der Waals surface area (Å²) in [4.78, 5) is 20.0. The summed E-state index contributed by atoms with van der Waals surface area (Å²) < 4.78 is 0. The van der Waals surface area contributed by atoms with Gasteiger partial charge < -0.3 is 16.0 Å². The van der Waals surface area contributed by atoms with Gasteiger partial charge in [-0.05, 0) is 42.2 Å². The SMILES string of the molecule is CN=C(NCCc1cccnc1)NCCc1cccc(C(=O)NC)c1. The normalized spacial score (nSPS) is 11.0. The van der Waals surface area contributed by atoms with Crippen LogP contribution in [-0.2, 0) is 12.8 Å². The van der Waals surface area contributed by atoms with E-state index in [1.54, 1.807) is 20.3 Å². The molecule has 0 aliphatic heterocycles. The molecule has 0 fully saturated rings. The van der Waals surface area contributed by atoms with E-state index >= 15 is 0 Å². The fourth-order valence-corrected chi connectivity index (χ4v) is 2.43. The molecular formula is C19H25N5O. The summed E-state index contributed by atoms with van der Waals surface area (Å²) >= 11 is 0. The van der Waals surface area contributed by atoms with Gasteiger partial charge in [-0.1, -0.05) is 18.2 Å². The molecular weight excluding hydrogens is 314 g/mol. The predicted molar refractivity (Wildman–Crippen MR) is 101 cm³/mol. The third-order valence-corrected chi connectivity index (χ3v) is 3.77. The van der Waals surface area contributed by atoms with Crippen molar-refractivity contribution in [2.45, 2.75) is 12.8 Å². The van der Waals surface area contributed by atoms with E-state index in [-0.39, 0.29) is 5.91 Å². The lowest BCUT2D eigenvalue weighted by atomic mass is 10.1. The van der Waals surface area contributed by atoms with E-state index in [1.165, 1.54) is 5.56 Å². The zero-order valence-corrected chi connectivity index (χ0v) is 14.7. The topological polar surface area (TPSA) is 78.4 Å². The lowest BCUT2D eigenvalue weighted by Crippen LogP contribution is -2.39. The van der Waals surface area contributed by atoms with Gasteiger partial charge >= 0.3 is 0 Å². The molecule has 0 bridgehead atoms. The Labute approximate surface area is 148 Å². The minimum Gasteiger partial charge on any atom is -0.356 e. The molecule has 132 valence electrons. The van der Waals surface area contributed by atoms with Crippen LogP contribution in [0.2, 0.25) is 0 Å². The number of hydrogen-bond donors (Lipinski definition) is 3. The van der Waals surface area contributed by atoms with E-state index < -0.39 is 0 Å². The molecule has 0 saturated carbocycles. The van der Waals surface area contributed by atoms with Gasteiger partial charge in [0.25, 0.3) is 5.91 Å². The van der Waals surface area contributed by atoms with Crippen molar-refractivity contribution in [3.8, 4) is 0 Å². The Kier molecular flexibility index (Phi) is 7.43. The quantitative estimate of drug-likeness (QED) is 0.526. The maximum absolute atomic E-state index is 11.7. The number of aliphatic imine (C=N–C) groups is 1. The number of guanidine groups is 1. The number of pyridine rings is 1. The second kappa shape index (κ2) is 10.1. The molecule has 0 saturated heterocycles. The summed E-state index contributed by atoms with van der Waals surface area (Å²) in [7, 11) is 3.39. The number of amides is 1. The summed E-state index contributed by atoms with van der Waals surface area (Å²) in [5.41, 5.74) is 2.98. The Morgan fingerprint density at radius 2 is 1.80 bits per heavy atom. The van der Waals surface area contributed by atoms with Crippen molar-refractivity contribution < 1.29 is 4.79 Å². The second-order valence-electron chi connectivity index (χ2n) is 5.57. The van der Waals surface area contributed by atoms with Gasteiger partial charge in [0.1, 0.15) is 0 Å². The first-order valence-corrected chi connectivity index (χ1v) is 8.37. The summed E-state index contributed by atoms with van der Waals surface area (Å²) in [5.74, 6) is 0.703. The minimum atomic E-state index is -0.0670. The highest BCUT2D eigenvalue weighted by atomic mass is 16.1. The van der Waals surface area contributed by atoms with Crippen molar-refractivity contribution in [3.05, 3.63) is 65.5 Å². The molecule has 1 heterocycles. The zero-order valence-electron chi connectivity index (χ0n) is 14.7. The standard InChI is InChI=1S/C19H25N5O/c1-20-18(25)17-7-3-5-15(13-17)8-11-23-19(21-2)24-12-9-16-6-4-10-22-14-16/h3-7,10,13-14H,8-9,11-12H2,1-2H3,(H,20,25)(H2,21,23,24). The van der Waals surface area contributed by atoms with E-state index in [1.807, 2.05) is 36.5 Å². The third-order valence-electron chi connectivity index (χ3n) is 3.77. The average molecular weight is 339 g/mol. The minimum absolute atomic E-state index is 0.0670. The number of carbonyl (C=O) groups excluding carboxylic acids is 1. The van der Waals surface area contributed by atoms with Crippen molar-refractivity contribution in [2.75, 3.05) is 27.2 Å². The van der Waals surface area contributed by atoms with Crippen LogP contribution in [-0.4, -0.2) is 44.0 Å². The Morgan fingerprint density at radius 3 is 2.44 bits per heavy atom. The Hall–Kier alpha value is -2.89. The van der Waals surface area contributed by atoms with Crippen LogP contribution < -0.4 is 16.0 Å². The van der Waals surface area contributed by atoms with Gasteiger partial charge in [0, 0.05) is 45.1 Å². The maximum Gasteiger partial charge on any atom is 0.251 e. The van der Waals surface area contributed by atoms with Gasteiger partial charge in [0.05, 0.1) is 0 Å². The van der Waals surface area contributed by atoms with Gasteiger partial charge in [-0.3, -0.25) is 14.8 Å². The first-order valence-electron chi connectivity index (χ1n) is 8.37. The van der Waals surface area contributed by atoms with E-state index in [0.29, 0.717) is 5.56 Å². The van der Waals surface area contributed by atoms with E-state index in [4.69, 9.17) is 0 Å². The number of nitrogens with zero attached hydrogens (tertiary/aromatic N) is 2. The number of hydrogen-bond acceptors (Lipinski definition) is 3. The predicted octanol–water partition coefficient (Wildman–Crippen LogP) is 1.39. The molecule has 6 nitrogen and oxygen atoms in total. The largest absolute Gasteiger partial charge is 0.356 e. The first kappa shape index (κ1) is 18.4. The highest BCUT2D eigenvalue weighted by molar-refractivity contribution is 5.94. The molecule has 0 aliphatic carbocycles. The van der Waals surface area contributed by atoms with Crippen molar-refractivity contribution >= 4 is 11.9 Å².